The van der Waals surface area contributed by atoms with Crippen molar-refractivity contribution in [2.24, 2.45) is 0 Å². The van der Waals surface area contributed by atoms with Crippen LogP contribution in [-0.4, -0.2) is 27.9 Å². The monoisotopic (exact) mass is 265 g/mol. The van der Waals surface area contributed by atoms with Crippen molar-refractivity contribution < 1.29 is 9.63 Å². The van der Waals surface area contributed by atoms with Crippen LogP contribution in [0.4, 0.5) is 0 Å². The highest BCUT2D eigenvalue weighted by molar-refractivity contribution is 6.30. The lowest BCUT2D eigenvalue weighted by Crippen LogP contribution is -2.15. The van der Waals surface area contributed by atoms with E-state index in [4.69, 9.17) is 16.1 Å². The molecule has 2 atom stereocenters. The fourth-order valence-corrected chi connectivity index (χ4v) is 2.12. The van der Waals surface area contributed by atoms with Gasteiger partial charge in [-0.2, -0.15) is 4.98 Å². The van der Waals surface area contributed by atoms with Gasteiger partial charge in [0.15, 0.2) is 0 Å². The summed E-state index contributed by atoms with van der Waals surface area (Å²) in [5.41, 5.74) is 0.855. The van der Waals surface area contributed by atoms with Crippen molar-refractivity contribution in [1.29, 1.82) is 0 Å². The lowest BCUT2D eigenvalue weighted by molar-refractivity contribution is 0.191. The fourth-order valence-electron chi connectivity index (χ4n) is 2.00. The van der Waals surface area contributed by atoms with Crippen LogP contribution in [0.2, 0.25) is 5.02 Å². The van der Waals surface area contributed by atoms with E-state index in [0.29, 0.717) is 29.7 Å². The summed E-state index contributed by atoms with van der Waals surface area (Å²) in [6.07, 6.45) is 0.253. The zero-order valence-electron chi connectivity index (χ0n) is 9.51. The third-order valence-corrected chi connectivity index (χ3v) is 3.20. The van der Waals surface area contributed by atoms with Gasteiger partial charge < -0.3 is 14.9 Å². The fraction of sp³-hybridized carbons (Fsp3) is 0.333. The molecule has 1 saturated heterocycles. The molecule has 0 aliphatic carbocycles. The second-order valence-electron chi connectivity index (χ2n) is 4.31. The zero-order valence-corrected chi connectivity index (χ0v) is 10.3. The van der Waals surface area contributed by atoms with Gasteiger partial charge in [-0.05, 0) is 30.7 Å². The lowest BCUT2D eigenvalue weighted by atomic mass is 10.2. The van der Waals surface area contributed by atoms with E-state index in [2.05, 4.69) is 15.5 Å². The number of nitrogens with zero attached hydrogens (tertiary/aromatic N) is 2. The summed E-state index contributed by atoms with van der Waals surface area (Å²) >= 11 is 5.82. The molecule has 94 valence electrons. The number of hydrogen-bond acceptors (Lipinski definition) is 5. The molecule has 1 fully saturated rings. The van der Waals surface area contributed by atoms with Gasteiger partial charge in [0, 0.05) is 17.1 Å². The molecule has 2 N–H and O–H groups in total. The Morgan fingerprint density at radius 1 is 1.33 bits per heavy atom. The molecule has 6 heteroatoms. The smallest absolute Gasteiger partial charge is 0.244 e. The van der Waals surface area contributed by atoms with Crippen LogP contribution in [0.5, 0.6) is 0 Å². The number of benzene rings is 1. The third kappa shape index (κ3) is 2.25. The molecular weight excluding hydrogens is 254 g/mol. The van der Waals surface area contributed by atoms with Crippen molar-refractivity contribution in [2.75, 3.05) is 6.54 Å². The molecule has 2 aromatic rings. The van der Waals surface area contributed by atoms with Crippen molar-refractivity contribution in [3.05, 3.63) is 35.2 Å². The molecule has 0 amide bonds. The first kappa shape index (κ1) is 11.6. The number of nitrogens with one attached hydrogen (secondary N) is 1. The molecule has 0 radical (unpaired) electrons. The first-order chi connectivity index (χ1) is 8.72. The van der Waals surface area contributed by atoms with E-state index in [1.165, 1.54) is 0 Å². The summed E-state index contributed by atoms with van der Waals surface area (Å²) in [6, 6.07) is 7.19. The average Bonchev–Trinajstić information content (AvgIpc) is 2.98. The van der Waals surface area contributed by atoms with Gasteiger partial charge in [0.25, 0.3) is 0 Å². The molecule has 1 aliphatic heterocycles. The normalized spacial score (nSPS) is 23.4. The minimum absolute atomic E-state index is 0.0615. The van der Waals surface area contributed by atoms with Gasteiger partial charge in [0.1, 0.15) is 0 Å². The molecule has 1 aromatic carbocycles. The van der Waals surface area contributed by atoms with Crippen LogP contribution in [0.1, 0.15) is 18.4 Å². The van der Waals surface area contributed by atoms with Gasteiger partial charge in [-0.1, -0.05) is 16.8 Å². The lowest BCUT2D eigenvalue weighted by Gasteiger charge is -2.01. The first-order valence-electron chi connectivity index (χ1n) is 5.73. The van der Waals surface area contributed by atoms with E-state index in [9.17, 15) is 5.11 Å². The van der Waals surface area contributed by atoms with Gasteiger partial charge in [0.05, 0.1) is 12.1 Å². The van der Waals surface area contributed by atoms with E-state index < -0.39 is 0 Å². The molecule has 3 rings (SSSR count). The standard InChI is InChI=1S/C12H12ClN3O2/c13-8-3-1-7(2-4-8)11-15-12(18-16-11)10-5-9(17)6-14-10/h1-4,9-10,14,17H,5-6H2. The van der Waals surface area contributed by atoms with Crippen LogP contribution >= 0.6 is 11.6 Å². The average molecular weight is 266 g/mol. The molecule has 0 bridgehead atoms. The van der Waals surface area contributed by atoms with Crippen molar-refractivity contribution in [1.82, 2.24) is 15.5 Å². The Hall–Kier alpha value is -1.43. The summed E-state index contributed by atoms with van der Waals surface area (Å²) in [5, 5.41) is 17.2. The van der Waals surface area contributed by atoms with Gasteiger partial charge in [-0.25, -0.2) is 0 Å². The van der Waals surface area contributed by atoms with Crippen molar-refractivity contribution in [2.45, 2.75) is 18.6 Å². The number of β-amino-alcohol motifs (C(OH)–C–C–N with tert-alkyl or cyclic N) is 1. The molecule has 1 aliphatic rings. The number of rotatable bonds is 2. The quantitative estimate of drug-likeness (QED) is 0.866. The summed E-state index contributed by atoms with van der Waals surface area (Å²) < 4.78 is 5.21. The Kier molecular flexibility index (Phi) is 3.03. The zero-order chi connectivity index (χ0) is 12.5. The highest BCUT2D eigenvalue weighted by Crippen LogP contribution is 2.25. The second kappa shape index (κ2) is 4.68. The Morgan fingerprint density at radius 2 is 2.11 bits per heavy atom. The van der Waals surface area contributed by atoms with E-state index >= 15 is 0 Å². The van der Waals surface area contributed by atoms with Crippen molar-refractivity contribution in [3.8, 4) is 11.4 Å². The molecule has 5 nitrogen and oxygen atoms in total. The Bertz CT molecular complexity index is 541. The predicted octanol–water partition coefficient (Wildman–Crippen LogP) is 1.79. The predicted molar refractivity (Wildman–Crippen MR) is 66.1 cm³/mol. The van der Waals surface area contributed by atoms with Crippen LogP contribution in [0.15, 0.2) is 28.8 Å². The minimum atomic E-state index is -0.346. The highest BCUT2D eigenvalue weighted by atomic mass is 35.5. The van der Waals surface area contributed by atoms with Crippen LogP contribution < -0.4 is 5.32 Å². The second-order valence-corrected chi connectivity index (χ2v) is 4.75. The van der Waals surface area contributed by atoms with Gasteiger partial charge in [-0.3, -0.25) is 0 Å². The molecule has 2 unspecified atom stereocenters. The van der Waals surface area contributed by atoms with E-state index in [0.717, 1.165) is 5.56 Å². The van der Waals surface area contributed by atoms with Crippen LogP contribution in [0.25, 0.3) is 11.4 Å². The van der Waals surface area contributed by atoms with Crippen LogP contribution in [0, 0.1) is 0 Å². The third-order valence-electron chi connectivity index (χ3n) is 2.95. The maximum absolute atomic E-state index is 9.45. The molecule has 2 heterocycles. The molecular formula is C12H12ClN3O2. The van der Waals surface area contributed by atoms with Crippen LogP contribution in [-0.2, 0) is 0 Å². The largest absolute Gasteiger partial charge is 0.392 e. The number of halogens is 1. The number of aliphatic hydroxyl groups is 1. The topological polar surface area (TPSA) is 71.2 Å². The summed E-state index contributed by atoms with van der Waals surface area (Å²) in [4.78, 5) is 4.33. The number of aliphatic hydroxyl groups excluding tert-OH is 1. The summed E-state index contributed by atoms with van der Waals surface area (Å²) in [5.74, 6) is 1.04. The maximum Gasteiger partial charge on any atom is 0.244 e. The van der Waals surface area contributed by atoms with Gasteiger partial charge in [-0.15, -0.1) is 0 Å². The first-order valence-corrected chi connectivity index (χ1v) is 6.11. The molecule has 1 aromatic heterocycles. The Labute approximate surface area is 109 Å². The summed E-state index contributed by atoms with van der Waals surface area (Å²) in [7, 11) is 0. The maximum atomic E-state index is 9.45. The minimum Gasteiger partial charge on any atom is -0.392 e. The van der Waals surface area contributed by atoms with E-state index in [-0.39, 0.29) is 12.1 Å². The van der Waals surface area contributed by atoms with Crippen LogP contribution in [0.3, 0.4) is 0 Å². The SMILES string of the molecule is OC1CNC(c2nc(-c3ccc(Cl)cc3)no2)C1. The van der Waals surface area contributed by atoms with E-state index in [1.54, 1.807) is 12.1 Å². The Morgan fingerprint density at radius 3 is 2.78 bits per heavy atom. The Balaban J connectivity index is 1.83. The number of hydrogen-bond donors (Lipinski definition) is 2. The van der Waals surface area contributed by atoms with Crippen molar-refractivity contribution in [3.63, 3.8) is 0 Å². The molecule has 0 saturated carbocycles. The van der Waals surface area contributed by atoms with E-state index in [1.807, 2.05) is 12.1 Å². The molecule has 18 heavy (non-hydrogen) atoms. The van der Waals surface area contributed by atoms with Gasteiger partial charge in [0.2, 0.25) is 11.7 Å². The van der Waals surface area contributed by atoms with Gasteiger partial charge >= 0.3 is 0 Å². The molecule has 0 spiro atoms. The summed E-state index contributed by atoms with van der Waals surface area (Å²) in [6.45, 7) is 0.559. The van der Waals surface area contributed by atoms with Crippen molar-refractivity contribution >= 4 is 11.6 Å². The highest BCUT2D eigenvalue weighted by Gasteiger charge is 2.28. The number of aromatic nitrogens is 2.